The van der Waals surface area contributed by atoms with Gasteiger partial charge in [0.15, 0.2) is 5.17 Å². The van der Waals surface area contributed by atoms with E-state index < -0.39 is 0 Å². The Bertz CT molecular complexity index is 486. The largest absolute Gasteiger partial charge is 0.360 e. The van der Waals surface area contributed by atoms with Gasteiger partial charge in [-0.2, -0.15) is 0 Å². The van der Waals surface area contributed by atoms with Crippen LogP contribution >= 0.6 is 23.4 Å². The summed E-state index contributed by atoms with van der Waals surface area (Å²) in [5, 5.41) is 4.88. The number of aliphatic imine (C=N–C) groups is 1. The molecule has 1 aliphatic carbocycles. The predicted molar refractivity (Wildman–Crippen MR) is 79.3 cm³/mol. The lowest BCUT2D eigenvalue weighted by Gasteiger charge is -2.23. The molecule has 0 amide bonds. The summed E-state index contributed by atoms with van der Waals surface area (Å²) < 4.78 is 13.7. The molecule has 0 spiro atoms. The molecule has 19 heavy (non-hydrogen) atoms. The van der Waals surface area contributed by atoms with E-state index in [1.807, 2.05) is 0 Å². The van der Waals surface area contributed by atoms with E-state index in [1.165, 1.54) is 31.7 Å². The van der Waals surface area contributed by atoms with Crippen LogP contribution in [-0.2, 0) is 5.75 Å². The van der Waals surface area contributed by atoms with Gasteiger partial charge in [-0.25, -0.2) is 4.39 Å². The Morgan fingerprint density at radius 3 is 3.00 bits per heavy atom. The molecule has 0 aromatic heterocycles. The first kappa shape index (κ1) is 13.3. The minimum atomic E-state index is -0.240. The topological polar surface area (TPSA) is 24.4 Å². The molecular weight excluding hydrogens is 283 g/mol. The average Bonchev–Trinajstić information content (AvgIpc) is 2.81. The summed E-state index contributed by atoms with van der Waals surface area (Å²) in [5.74, 6) is 0.285. The Balaban J connectivity index is 1.64. The normalized spacial score (nSPS) is 25.7. The highest BCUT2D eigenvalue weighted by atomic mass is 35.5. The van der Waals surface area contributed by atoms with Crippen molar-refractivity contribution >= 4 is 28.5 Å². The first-order valence-corrected chi connectivity index (χ1v) is 8.00. The van der Waals surface area contributed by atoms with Crippen molar-refractivity contribution < 1.29 is 4.39 Å². The van der Waals surface area contributed by atoms with E-state index in [1.54, 1.807) is 23.9 Å². The second-order valence-corrected chi connectivity index (χ2v) is 6.40. The van der Waals surface area contributed by atoms with E-state index in [2.05, 4.69) is 10.3 Å². The van der Waals surface area contributed by atoms with Crippen LogP contribution in [0.15, 0.2) is 23.2 Å². The van der Waals surface area contributed by atoms with Crippen LogP contribution in [0.1, 0.15) is 31.2 Å². The maximum atomic E-state index is 13.7. The highest BCUT2D eigenvalue weighted by molar-refractivity contribution is 8.13. The van der Waals surface area contributed by atoms with Gasteiger partial charge in [0.2, 0.25) is 0 Å². The number of halogens is 2. The number of nitrogens with zero attached hydrogens (tertiary/aromatic N) is 1. The lowest BCUT2D eigenvalue weighted by molar-refractivity contribution is 0.385. The number of fused-ring (bicyclic) bond motifs is 1. The molecule has 2 atom stereocenters. The molecule has 1 saturated carbocycles. The summed E-state index contributed by atoms with van der Waals surface area (Å²) in [7, 11) is 0. The summed E-state index contributed by atoms with van der Waals surface area (Å²) >= 11 is 7.57. The summed E-state index contributed by atoms with van der Waals surface area (Å²) in [6.45, 7) is 0. The van der Waals surface area contributed by atoms with Crippen molar-refractivity contribution in [2.75, 3.05) is 0 Å². The second-order valence-electron chi connectivity index (χ2n) is 5.03. The molecule has 1 aromatic rings. The van der Waals surface area contributed by atoms with Gasteiger partial charge in [0.1, 0.15) is 5.82 Å². The van der Waals surface area contributed by atoms with E-state index in [0.717, 1.165) is 5.17 Å². The maximum absolute atomic E-state index is 13.7. The van der Waals surface area contributed by atoms with Gasteiger partial charge in [0, 0.05) is 16.3 Å². The third kappa shape index (κ3) is 2.90. The fourth-order valence-corrected chi connectivity index (χ4v) is 4.00. The Hall–Kier alpha value is -0.740. The van der Waals surface area contributed by atoms with Crippen molar-refractivity contribution in [1.82, 2.24) is 5.32 Å². The van der Waals surface area contributed by atoms with Gasteiger partial charge >= 0.3 is 0 Å². The molecule has 5 heteroatoms. The quantitative estimate of drug-likeness (QED) is 0.893. The fraction of sp³-hybridized carbons (Fsp3) is 0.500. The van der Waals surface area contributed by atoms with Gasteiger partial charge in [-0.05, 0) is 25.0 Å². The zero-order chi connectivity index (χ0) is 13.2. The van der Waals surface area contributed by atoms with Crippen molar-refractivity contribution in [3.8, 4) is 0 Å². The van der Waals surface area contributed by atoms with Crippen LogP contribution in [0.3, 0.4) is 0 Å². The summed E-state index contributed by atoms with van der Waals surface area (Å²) in [5.41, 5.74) is 0.563. The predicted octanol–water partition coefficient (Wildman–Crippen LogP) is 3.98. The molecule has 3 rings (SSSR count). The Kier molecular flexibility index (Phi) is 3.99. The van der Waals surface area contributed by atoms with Crippen molar-refractivity contribution in [1.29, 1.82) is 0 Å². The van der Waals surface area contributed by atoms with Crippen LogP contribution < -0.4 is 5.32 Å². The van der Waals surface area contributed by atoms with Crippen molar-refractivity contribution in [2.24, 2.45) is 4.99 Å². The number of hydrogen-bond donors (Lipinski definition) is 1. The molecule has 1 aromatic carbocycles. The molecule has 1 aliphatic heterocycles. The van der Waals surface area contributed by atoms with E-state index in [0.29, 0.717) is 28.4 Å². The number of amidine groups is 1. The fourth-order valence-electron chi connectivity index (χ4n) is 2.67. The Morgan fingerprint density at radius 2 is 2.21 bits per heavy atom. The van der Waals surface area contributed by atoms with Crippen LogP contribution in [0, 0.1) is 5.82 Å². The first-order valence-electron chi connectivity index (χ1n) is 6.64. The molecular formula is C14H16ClFN2S. The van der Waals surface area contributed by atoms with Crippen LogP contribution in [0.2, 0.25) is 5.02 Å². The highest BCUT2D eigenvalue weighted by Gasteiger charge is 2.30. The van der Waals surface area contributed by atoms with Gasteiger partial charge in [-0.3, -0.25) is 4.99 Å². The van der Waals surface area contributed by atoms with E-state index in [-0.39, 0.29) is 5.82 Å². The van der Waals surface area contributed by atoms with Crippen molar-refractivity contribution in [2.45, 2.75) is 43.5 Å². The summed E-state index contributed by atoms with van der Waals surface area (Å²) in [4.78, 5) is 4.69. The van der Waals surface area contributed by atoms with Gasteiger partial charge in [-0.1, -0.05) is 42.3 Å². The number of nitrogens with one attached hydrogen (secondary N) is 1. The SMILES string of the molecule is Fc1cccc(Cl)c1CSC1=N[C@H]2CCCC[C@H]2N1. The third-order valence-corrected chi connectivity index (χ3v) is 5.02. The molecule has 1 fully saturated rings. The highest BCUT2D eigenvalue weighted by Crippen LogP contribution is 2.29. The van der Waals surface area contributed by atoms with Crippen LogP contribution in [0.4, 0.5) is 4.39 Å². The molecule has 0 saturated heterocycles. The molecule has 1 N–H and O–H groups in total. The maximum Gasteiger partial charge on any atom is 0.157 e. The van der Waals surface area contributed by atoms with Gasteiger partial charge in [-0.15, -0.1) is 0 Å². The minimum absolute atomic E-state index is 0.240. The van der Waals surface area contributed by atoms with Crippen molar-refractivity contribution in [3.63, 3.8) is 0 Å². The monoisotopic (exact) mass is 298 g/mol. The number of rotatable bonds is 2. The van der Waals surface area contributed by atoms with E-state index in [9.17, 15) is 4.39 Å². The molecule has 0 radical (unpaired) electrons. The molecule has 1 heterocycles. The second kappa shape index (κ2) is 5.71. The molecule has 102 valence electrons. The molecule has 0 unspecified atom stereocenters. The van der Waals surface area contributed by atoms with Gasteiger partial charge in [0.05, 0.1) is 12.1 Å². The number of thioether (sulfide) groups is 1. The zero-order valence-corrected chi connectivity index (χ0v) is 12.1. The van der Waals surface area contributed by atoms with Gasteiger partial charge in [0.25, 0.3) is 0 Å². The van der Waals surface area contributed by atoms with Crippen LogP contribution in [-0.4, -0.2) is 17.3 Å². The standard InChI is InChI=1S/C14H16ClFN2S/c15-10-4-3-5-11(16)9(10)8-19-14-17-12-6-1-2-7-13(12)18-14/h3-5,12-13H,1-2,6-8H2,(H,17,18)/t12-,13+. The lowest BCUT2D eigenvalue weighted by Crippen LogP contribution is -2.36. The van der Waals surface area contributed by atoms with Gasteiger partial charge < -0.3 is 5.32 Å². The molecule has 2 aliphatic rings. The third-order valence-electron chi connectivity index (χ3n) is 3.74. The van der Waals surface area contributed by atoms with Crippen LogP contribution in [0.25, 0.3) is 0 Å². The Morgan fingerprint density at radius 1 is 1.37 bits per heavy atom. The smallest absolute Gasteiger partial charge is 0.157 e. The Labute approximate surface area is 121 Å². The molecule has 2 nitrogen and oxygen atoms in total. The average molecular weight is 299 g/mol. The van der Waals surface area contributed by atoms with Crippen molar-refractivity contribution in [3.05, 3.63) is 34.6 Å². The molecule has 0 bridgehead atoms. The van der Waals surface area contributed by atoms with E-state index in [4.69, 9.17) is 11.6 Å². The lowest BCUT2D eigenvalue weighted by atomic mass is 9.92. The van der Waals surface area contributed by atoms with Crippen LogP contribution in [0.5, 0.6) is 0 Å². The summed E-state index contributed by atoms with van der Waals surface area (Å²) in [6.07, 6.45) is 4.91. The van der Waals surface area contributed by atoms with E-state index >= 15 is 0 Å². The first-order chi connectivity index (χ1) is 9.24. The summed E-state index contributed by atoms with van der Waals surface area (Å²) in [6, 6.07) is 5.72. The minimum Gasteiger partial charge on any atom is -0.360 e. The number of benzene rings is 1. The number of hydrogen-bond acceptors (Lipinski definition) is 3. The zero-order valence-electron chi connectivity index (χ0n) is 10.5.